The second kappa shape index (κ2) is 7.73. The van der Waals surface area contributed by atoms with Crippen molar-refractivity contribution in [1.29, 1.82) is 0 Å². The van der Waals surface area contributed by atoms with Crippen molar-refractivity contribution in [3.63, 3.8) is 0 Å². The molecule has 1 aromatic rings. The summed E-state index contributed by atoms with van der Waals surface area (Å²) in [5.74, 6) is 0.538. The average Bonchev–Trinajstić information content (AvgIpc) is 2.35. The number of carbonyl (C=O) groups is 1. The fourth-order valence-electron chi connectivity index (χ4n) is 2.30. The first-order valence-corrected chi connectivity index (χ1v) is 6.78. The van der Waals surface area contributed by atoms with Crippen LogP contribution < -0.4 is 10.6 Å². The molecule has 3 nitrogen and oxygen atoms in total. The van der Waals surface area contributed by atoms with Crippen LogP contribution >= 0.6 is 24.0 Å². The molecule has 0 bridgehead atoms. The number of carbonyl (C=O) groups excluding carboxylic acids is 1. The molecule has 106 valence electrons. The highest BCUT2D eigenvalue weighted by Gasteiger charge is 2.22. The Morgan fingerprint density at radius 3 is 2.89 bits per heavy atom. The van der Waals surface area contributed by atoms with E-state index in [1.807, 2.05) is 24.3 Å². The third kappa shape index (κ3) is 4.68. The SMILES string of the molecule is CC1CNCCC1NC(=O)Cc1ccccc1Cl.Cl. The number of rotatable bonds is 3. The van der Waals surface area contributed by atoms with E-state index in [1.165, 1.54) is 0 Å². The lowest BCUT2D eigenvalue weighted by Gasteiger charge is -2.30. The van der Waals surface area contributed by atoms with Crippen molar-refractivity contribution in [2.45, 2.75) is 25.8 Å². The average molecular weight is 303 g/mol. The van der Waals surface area contributed by atoms with Gasteiger partial charge in [0.1, 0.15) is 0 Å². The van der Waals surface area contributed by atoms with E-state index < -0.39 is 0 Å². The first kappa shape index (κ1) is 16.3. The molecule has 1 saturated heterocycles. The van der Waals surface area contributed by atoms with E-state index >= 15 is 0 Å². The van der Waals surface area contributed by atoms with Gasteiger partial charge < -0.3 is 10.6 Å². The fourth-order valence-corrected chi connectivity index (χ4v) is 2.50. The molecule has 1 aliphatic heterocycles. The van der Waals surface area contributed by atoms with Crippen LogP contribution in [0.1, 0.15) is 18.9 Å². The number of benzene rings is 1. The minimum atomic E-state index is 0. The lowest BCUT2D eigenvalue weighted by Crippen LogP contribution is -2.48. The predicted molar refractivity (Wildman–Crippen MR) is 81.0 cm³/mol. The van der Waals surface area contributed by atoms with E-state index in [1.54, 1.807) is 0 Å². The van der Waals surface area contributed by atoms with Crippen molar-refractivity contribution in [2.24, 2.45) is 5.92 Å². The summed E-state index contributed by atoms with van der Waals surface area (Å²) in [6.07, 6.45) is 1.35. The zero-order chi connectivity index (χ0) is 13.0. The molecular formula is C14H20Cl2N2O. The molecule has 1 heterocycles. The Morgan fingerprint density at radius 1 is 1.47 bits per heavy atom. The van der Waals surface area contributed by atoms with Gasteiger partial charge in [0.15, 0.2) is 0 Å². The van der Waals surface area contributed by atoms with Crippen LogP contribution in [0.25, 0.3) is 0 Å². The van der Waals surface area contributed by atoms with Crippen molar-refractivity contribution < 1.29 is 4.79 Å². The number of hydrogen-bond donors (Lipinski definition) is 2. The first-order valence-electron chi connectivity index (χ1n) is 6.40. The Kier molecular flexibility index (Phi) is 6.63. The van der Waals surface area contributed by atoms with Gasteiger partial charge in [-0.1, -0.05) is 36.7 Å². The van der Waals surface area contributed by atoms with E-state index in [2.05, 4.69) is 17.6 Å². The van der Waals surface area contributed by atoms with Crippen molar-refractivity contribution in [1.82, 2.24) is 10.6 Å². The van der Waals surface area contributed by atoms with E-state index in [9.17, 15) is 4.79 Å². The Bertz CT molecular complexity index is 426. The normalized spacial score (nSPS) is 22.4. The molecule has 1 aromatic carbocycles. The molecule has 0 aromatic heterocycles. The largest absolute Gasteiger partial charge is 0.353 e. The molecule has 1 fully saturated rings. The highest BCUT2D eigenvalue weighted by atomic mass is 35.5. The summed E-state index contributed by atoms with van der Waals surface area (Å²) < 4.78 is 0. The van der Waals surface area contributed by atoms with Gasteiger partial charge in [-0.05, 0) is 37.1 Å². The van der Waals surface area contributed by atoms with Crippen LogP contribution in [0.15, 0.2) is 24.3 Å². The first-order chi connectivity index (χ1) is 8.66. The highest BCUT2D eigenvalue weighted by molar-refractivity contribution is 6.31. The second-order valence-electron chi connectivity index (χ2n) is 4.91. The predicted octanol–water partition coefficient (Wildman–Crippen LogP) is 2.42. The summed E-state index contributed by atoms with van der Waals surface area (Å²) in [7, 11) is 0. The number of hydrogen-bond acceptors (Lipinski definition) is 2. The molecule has 1 amide bonds. The quantitative estimate of drug-likeness (QED) is 0.900. The van der Waals surface area contributed by atoms with E-state index in [-0.39, 0.29) is 24.4 Å². The van der Waals surface area contributed by atoms with Crippen LogP contribution in [0.2, 0.25) is 5.02 Å². The fraction of sp³-hybridized carbons (Fsp3) is 0.500. The summed E-state index contributed by atoms with van der Waals surface area (Å²) in [6, 6.07) is 7.77. The molecule has 5 heteroatoms. The van der Waals surface area contributed by atoms with Crippen LogP contribution in [-0.4, -0.2) is 25.0 Å². The van der Waals surface area contributed by atoms with Crippen LogP contribution in [0.5, 0.6) is 0 Å². The molecule has 19 heavy (non-hydrogen) atoms. The van der Waals surface area contributed by atoms with Gasteiger partial charge in [-0.25, -0.2) is 0 Å². The summed E-state index contributed by atoms with van der Waals surface area (Å²) in [4.78, 5) is 12.0. The maximum atomic E-state index is 12.0. The molecule has 0 radical (unpaired) electrons. The number of piperidine rings is 1. The Hall–Kier alpha value is -0.770. The third-order valence-corrected chi connectivity index (χ3v) is 3.81. The van der Waals surface area contributed by atoms with Crippen LogP contribution in [0.4, 0.5) is 0 Å². The van der Waals surface area contributed by atoms with Crippen molar-refractivity contribution in [2.75, 3.05) is 13.1 Å². The number of nitrogens with one attached hydrogen (secondary N) is 2. The van der Waals surface area contributed by atoms with Crippen molar-refractivity contribution in [3.05, 3.63) is 34.9 Å². The van der Waals surface area contributed by atoms with Crippen LogP contribution in [0.3, 0.4) is 0 Å². The molecule has 0 spiro atoms. The minimum Gasteiger partial charge on any atom is -0.353 e. The summed E-state index contributed by atoms with van der Waals surface area (Å²) in [6.45, 7) is 4.10. The summed E-state index contributed by atoms with van der Waals surface area (Å²) in [5, 5.41) is 7.09. The summed E-state index contributed by atoms with van der Waals surface area (Å²) >= 11 is 6.05. The van der Waals surface area contributed by atoms with E-state index in [4.69, 9.17) is 11.6 Å². The molecule has 2 atom stereocenters. The van der Waals surface area contributed by atoms with Crippen LogP contribution in [-0.2, 0) is 11.2 Å². The van der Waals surface area contributed by atoms with Gasteiger partial charge >= 0.3 is 0 Å². The molecular weight excluding hydrogens is 283 g/mol. The Balaban J connectivity index is 0.00000180. The van der Waals surface area contributed by atoms with Crippen molar-refractivity contribution in [3.8, 4) is 0 Å². The summed E-state index contributed by atoms with van der Waals surface area (Å²) in [5.41, 5.74) is 0.887. The monoisotopic (exact) mass is 302 g/mol. The zero-order valence-corrected chi connectivity index (χ0v) is 12.6. The highest BCUT2D eigenvalue weighted by Crippen LogP contribution is 2.16. The zero-order valence-electron chi connectivity index (χ0n) is 11.0. The molecule has 2 N–H and O–H groups in total. The van der Waals surface area contributed by atoms with Gasteiger partial charge in [0.05, 0.1) is 6.42 Å². The topological polar surface area (TPSA) is 41.1 Å². The second-order valence-corrected chi connectivity index (χ2v) is 5.32. The number of amides is 1. The Labute approximate surface area is 125 Å². The molecule has 0 aliphatic carbocycles. The maximum Gasteiger partial charge on any atom is 0.224 e. The number of halogens is 2. The molecule has 2 rings (SSSR count). The smallest absolute Gasteiger partial charge is 0.224 e. The van der Waals surface area contributed by atoms with Crippen LogP contribution in [0, 0.1) is 5.92 Å². The standard InChI is InChI=1S/C14H19ClN2O.ClH/c1-10-9-16-7-6-13(10)17-14(18)8-11-4-2-3-5-12(11)15;/h2-5,10,13,16H,6-9H2,1H3,(H,17,18);1H. The molecule has 1 aliphatic rings. The Morgan fingerprint density at radius 2 is 2.21 bits per heavy atom. The van der Waals surface area contributed by atoms with Gasteiger partial charge in [0.2, 0.25) is 5.91 Å². The van der Waals surface area contributed by atoms with E-state index in [0.717, 1.165) is 25.1 Å². The molecule has 0 saturated carbocycles. The van der Waals surface area contributed by atoms with E-state index in [0.29, 0.717) is 17.4 Å². The molecule has 2 unspecified atom stereocenters. The minimum absolute atomic E-state index is 0. The van der Waals surface area contributed by atoms with Gasteiger partial charge in [-0.15, -0.1) is 12.4 Å². The van der Waals surface area contributed by atoms with Gasteiger partial charge in [0, 0.05) is 11.1 Å². The van der Waals surface area contributed by atoms with Gasteiger partial charge in [-0.3, -0.25) is 4.79 Å². The van der Waals surface area contributed by atoms with Gasteiger partial charge in [-0.2, -0.15) is 0 Å². The lowest BCUT2D eigenvalue weighted by atomic mass is 9.95. The maximum absolute atomic E-state index is 12.0. The third-order valence-electron chi connectivity index (χ3n) is 3.44. The lowest BCUT2D eigenvalue weighted by molar-refractivity contribution is -0.121. The van der Waals surface area contributed by atoms with Crippen molar-refractivity contribution >= 4 is 29.9 Å². The van der Waals surface area contributed by atoms with Gasteiger partial charge in [0.25, 0.3) is 0 Å².